The van der Waals surface area contributed by atoms with Crippen LogP contribution in [0.2, 0.25) is 0 Å². The van der Waals surface area contributed by atoms with Crippen molar-refractivity contribution >= 4 is 18.3 Å². The molecule has 6 rings (SSSR count). The van der Waals surface area contributed by atoms with Crippen molar-refractivity contribution in [2.45, 2.75) is 57.8 Å². The summed E-state index contributed by atoms with van der Waals surface area (Å²) in [6, 6.07) is 7.08. The van der Waals surface area contributed by atoms with Crippen molar-refractivity contribution in [1.29, 1.82) is 0 Å². The van der Waals surface area contributed by atoms with Crippen LogP contribution in [0.25, 0.3) is 0 Å². The normalized spacial score (nSPS) is 36.8. The lowest BCUT2D eigenvalue weighted by atomic mass is 9.42. The number of amides is 1. The molecule has 0 spiro atoms. The van der Waals surface area contributed by atoms with Crippen molar-refractivity contribution in [3.8, 4) is 0 Å². The summed E-state index contributed by atoms with van der Waals surface area (Å²) >= 11 is 0. The summed E-state index contributed by atoms with van der Waals surface area (Å²) in [5, 5.41) is 6.66. The highest BCUT2D eigenvalue weighted by Crippen LogP contribution is 2.65. The first-order valence-corrected chi connectivity index (χ1v) is 10.5. The fourth-order valence-corrected chi connectivity index (χ4v) is 6.85. The van der Waals surface area contributed by atoms with Crippen molar-refractivity contribution in [3.05, 3.63) is 34.9 Å². The molecule has 4 aliphatic carbocycles. The van der Waals surface area contributed by atoms with Gasteiger partial charge in [-0.25, -0.2) is 0 Å². The second-order valence-corrected chi connectivity index (χ2v) is 10.1. The van der Waals surface area contributed by atoms with Crippen LogP contribution in [0, 0.1) is 37.0 Å². The van der Waals surface area contributed by atoms with E-state index in [0.717, 1.165) is 50.7 Å². The second kappa shape index (κ2) is 6.77. The Morgan fingerprint density at radius 2 is 1.81 bits per heavy atom. The monoisotopic (exact) mass is 388 g/mol. The van der Waals surface area contributed by atoms with E-state index in [4.69, 9.17) is 0 Å². The highest BCUT2D eigenvalue weighted by atomic mass is 35.5. The van der Waals surface area contributed by atoms with Gasteiger partial charge < -0.3 is 10.6 Å². The van der Waals surface area contributed by atoms with E-state index in [0.29, 0.717) is 11.8 Å². The van der Waals surface area contributed by atoms with E-state index in [1.54, 1.807) is 0 Å². The Kier molecular flexibility index (Phi) is 4.83. The lowest BCUT2D eigenvalue weighted by Crippen LogP contribution is -2.60. The van der Waals surface area contributed by atoms with Crippen LogP contribution in [0.4, 0.5) is 0 Å². The zero-order valence-corrected chi connectivity index (χ0v) is 17.5. The third kappa shape index (κ3) is 3.11. The lowest BCUT2D eigenvalue weighted by molar-refractivity contribution is -0.149. The predicted octanol–water partition coefficient (Wildman–Crippen LogP) is 3.90. The van der Waals surface area contributed by atoms with Crippen molar-refractivity contribution in [2.24, 2.45) is 23.2 Å². The van der Waals surface area contributed by atoms with Crippen molar-refractivity contribution in [3.63, 3.8) is 0 Å². The van der Waals surface area contributed by atoms with Crippen LogP contribution in [0.15, 0.2) is 18.2 Å². The van der Waals surface area contributed by atoms with Crippen molar-refractivity contribution in [1.82, 2.24) is 10.6 Å². The van der Waals surface area contributed by atoms with E-state index in [9.17, 15) is 4.79 Å². The highest BCUT2D eigenvalue weighted by molar-refractivity contribution is 5.85. The van der Waals surface area contributed by atoms with Gasteiger partial charge in [0, 0.05) is 25.6 Å². The number of halogens is 1. The van der Waals surface area contributed by atoms with E-state index in [2.05, 4.69) is 42.7 Å². The molecule has 0 radical (unpaired) electrons. The van der Waals surface area contributed by atoms with Crippen LogP contribution in [0.5, 0.6) is 0 Å². The molecule has 1 amide bonds. The number of aryl methyl sites for hydroxylation is 2. The van der Waals surface area contributed by atoms with Gasteiger partial charge in [-0.1, -0.05) is 18.2 Å². The summed E-state index contributed by atoms with van der Waals surface area (Å²) in [6.45, 7) is 7.41. The molecule has 1 aromatic rings. The summed E-state index contributed by atoms with van der Waals surface area (Å²) in [7, 11) is 0. The van der Waals surface area contributed by atoms with E-state index in [1.807, 2.05) is 0 Å². The first-order chi connectivity index (χ1) is 12.5. The number of nitrogens with one attached hydrogen (secondary N) is 2. The minimum absolute atomic E-state index is 0. The van der Waals surface area contributed by atoms with Gasteiger partial charge in [0.25, 0.3) is 0 Å². The molecule has 1 heterocycles. The van der Waals surface area contributed by atoms with Gasteiger partial charge in [0.05, 0.1) is 5.41 Å². The summed E-state index contributed by atoms with van der Waals surface area (Å²) in [6.07, 6.45) is 7.29. The molecule has 4 saturated carbocycles. The standard InChI is InChI=1S/C23H32N2O.ClH/c1-15-3-4-20(5-16(15)2)22-7-17-6-18(8-22)10-23(9-17,14-22)21(26)25-13-19-11-24-12-19;/h3-5,17-19,24H,6-14H2,1-2H3,(H,25,26);1H. The van der Waals surface area contributed by atoms with Crippen LogP contribution in [0.1, 0.15) is 55.2 Å². The molecule has 148 valence electrons. The van der Waals surface area contributed by atoms with Gasteiger partial charge >= 0.3 is 0 Å². The van der Waals surface area contributed by atoms with Gasteiger partial charge in [-0.15, -0.1) is 12.4 Å². The molecule has 4 heteroatoms. The molecule has 1 aliphatic heterocycles. The molecule has 3 nitrogen and oxygen atoms in total. The number of carbonyl (C=O) groups excluding carboxylic acids is 1. The molecular formula is C23H33ClN2O. The maximum atomic E-state index is 13.3. The zero-order valence-electron chi connectivity index (χ0n) is 16.6. The Hall–Kier alpha value is -1.06. The summed E-state index contributed by atoms with van der Waals surface area (Å²) in [5.41, 5.74) is 4.43. The second-order valence-electron chi connectivity index (χ2n) is 10.1. The smallest absolute Gasteiger partial charge is 0.226 e. The number of rotatable bonds is 4. The van der Waals surface area contributed by atoms with Gasteiger partial charge in [-0.2, -0.15) is 0 Å². The Morgan fingerprint density at radius 1 is 1.11 bits per heavy atom. The maximum Gasteiger partial charge on any atom is 0.226 e. The number of hydrogen-bond donors (Lipinski definition) is 2. The molecule has 5 aliphatic rings. The van der Waals surface area contributed by atoms with Gasteiger partial charge in [0.15, 0.2) is 0 Å². The van der Waals surface area contributed by atoms with Crippen LogP contribution in [-0.2, 0) is 10.2 Å². The number of hydrogen-bond acceptors (Lipinski definition) is 2. The number of benzene rings is 1. The zero-order chi connectivity index (χ0) is 17.9. The van der Waals surface area contributed by atoms with Gasteiger partial charge in [0.2, 0.25) is 5.91 Å². The molecule has 2 unspecified atom stereocenters. The van der Waals surface area contributed by atoms with E-state index in [-0.39, 0.29) is 23.2 Å². The third-order valence-corrected chi connectivity index (χ3v) is 8.08. The maximum absolute atomic E-state index is 13.3. The molecule has 5 fully saturated rings. The lowest BCUT2D eigenvalue weighted by Gasteiger charge is -2.61. The van der Waals surface area contributed by atoms with Crippen LogP contribution >= 0.6 is 12.4 Å². The first kappa shape index (κ1) is 19.3. The minimum atomic E-state index is -0.0972. The Morgan fingerprint density at radius 3 is 2.41 bits per heavy atom. The highest BCUT2D eigenvalue weighted by Gasteiger charge is 2.60. The quantitative estimate of drug-likeness (QED) is 0.821. The SMILES string of the molecule is Cc1ccc(C23CC4CC(CC(C(=O)NCC5CNC5)(C4)C2)C3)cc1C.Cl. The Labute approximate surface area is 169 Å². The molecular weight excluding hydrogens is 356 g/mol. The van der Waals surface area contributed by atoms with Gasteiger partial charge in [-0.3, -0.25) is 4.79 Å². The van der Waals surface area contributed by atoms with E-state index >= 15 is 0 Å². The fraction of sp³-hybridized carbons (Fsp3) is 0.696. The largest absolute Gasteiger partial charge is 0.355 e. The van der Waals surface area contributed by atoms with E-state index in [1.165, 1.54) is 36.0 Å². The molecule has 2 N–H and O–H groups in total. The number of carbonyl (C=O) groups is 1. The fourth-order valence-electron chi connectivity index (χ4n) is 6.85. The average Bonchev–Trinajstić information content (AvgIpc) is 2.54. The summed E-state index contributed by atoms with van der Waals surface area (Å²) < 4.78 is 0. The van der Waals surface area contributed by atoms with E-state index < -0.39 is 0 Å². The summed E-state index contributed by atoms with van der Waals surface area (Å²) in [5.74, 6) is 2.50. The summed E-state index contributed by atoms with van der Waals surface area (Å²) in [4.78, 5) is 13.3. The molecule has 0 aromatic heterocycles. The van der Waals surface area contributed by atoms with Gasteiger partial charge in [-0.05, 0) is 86.3 Å². The minimum Gasteiger partial charge on any atom is -0.355 e. The Bertz CT molecular complexity index is 728. The van der Waals surface area contributed by atoms with Crippen LogP contribution < -0.4 is 10.6 Å². The van der Waals surface area contributed by atoms with Crippen LogP contribution in [-0.4, -0.2) is 25.5 Å². The van der Waals surface area contributed by atoms with Crippen molar-refractivity contribution in [2.75, 3.05) is 19.6 Å². The molecule has 1 aromatic carbocycles. The first-order valence-electron chi connectivity index (χ1n) is 10.5. The van der Waals surface area contributed by atoms with Crippen LogP contribution in [0.3, 0.4) is 0 Å². The molecule has 27 heavy (non-hydrogen) atoms. The molecule has 1 saturated heterocycles. The van der Waals surface area contributed by atoms with Crippen molar-refractivity contribution < 1.29 is 4.79 Å². The van der Waals surface area contributed by atoms with Gasteiger partial charge in [0.1, 0.15) is 0 Å². The topological polar surface area (TPSA) is 41.1 Å². The average molecular weight is 389 g/mol. The Balaban J connectivity index is 0.00000180. The molecule has 4 bridgehead atoms. The third-order valence-electron chi connectivity index (χ3n) is 8.08. The predicted molar refractivity (Wildman–Crippen MR) is 111 cm³/mol. The molecule has 2 atom stereocenters.